The zero-order valence-corrected chi connectivity index (χ0v) is 21.7. The van der Waals surface area contributed by atoms with Crippen LogP contribution in [0, 0.1) is 6.92 Å². The van der Waals surface area contributed by atoms with Crippen LogP contribution >= 0.6 is 7.82 Å². The summed E-state index contributed by atoms with van der Waals surface area (Å²) >= 11 is 0. The average Bonchev–Trinajstić information content (AvgIpc) is 2.58. The first kappa shape index (κ1) is 27.5. The molecule has 0 spiro atoms. The number of ether oxygens (including phenoxy) is 3. The van der Waals surface area contributed by atoms with Crippen molar-refractivity contribution >= 4 is 20.0 Å². The zero-order valence-electron chi connectivity index (χ0n) is 16.8. The number of phosphoric acid groups is 1. The van der Waals surface area contributed by atoms with Gasteiger partial charge in [0.25, 0.3) is 0 Å². The van der Waals surface area contributed by atoms with Crippen molar-refractivity contribution in [1.82, 2.24) is 0 Å². The van der Waals surface area contributed by atoms with Gasteiger partial charge in [-0.15, -0.1) is 0 Å². The molecule has 140 valence electrons. The number of phosphoric ester groups is 1. The number of aryl methyl sites for hydroxylation is 1. The predicted octanol–water partition coefficient (Wildman–Crippen LogP) is -3.59. The molecule has 0 saturated heterocycles. The maximum atomic E-state index is 10.9. The Labute approximate surface area is 208 Å². The number of hydrogen-bond donors (Lipinski definition) is 0. The van der Waals surface area contributed by atoms with Gasteiger partial charge in [0.2, 0.25) is 0 Å². The average molecular weight is 424 g/mol. The molecule has 2 rings (SSSR count). The summed E-state index contributed by atoms with van der Waals surface area (Å²) in [5, 5.41) is 0. The van der Waals surface area contributed by atoms with E-state index >= 15 is 0 Å². The summed E-state index contributed by atoms with van der Waals surface area (Å²) in [6, 6.07) is 8.36. The Morgan fingerprint density at radius 3 is 1.93 bits per heavy atom. The van der Waals surface area contributed by atoms with Gasteiger partial charge in [-0.3, -0.25) is 0 Å². The Morgan fingerprint density at radius 1 is 0.821 bits per heavy atom. The summed E-state index contributed by atoms with van der Waals surface area (Å²) in [5.74, 6) is 1.25. The fourth-order valence-electron chi connectivity index (χ4n) is 2.46. The molecule has 0 saturated carbocycles. The van der Waals surface area contributed by atoms with Crippen molar-refractivity contribution < 1.29 is 92.2 Å². The summed E-state index contributed by atoms with van der Waals surface area (Å²) in [6.07, 6.45) is 3.56. The van der Waals surface area contributed by atoms with Crippen LogP contribution in [0.25, 0.3) is 12.2 Å². The van der Waals surface area contributed by atoms with Gasteiger partial charge in [-0.25, -0.2) is 0 Å². The maximum Gasteiger partial charge on any atom is 1.00 e. The molecule has 0 aliphatic heterocycles. The first-order valence-electron chi connectivity index (χ1n) is 7.57. The van der Waals surface area contributed by atoms with Crippen LogP contribution in [0.3, 0.4) is 0 Å². The van der Waals surface area contributed by atoms with E-state index in [1.54, 1.807) is 26.4 Å². The fourth-order valence-corrected chi connectivity index (χ4v) is 2.84. The first-order chi connectivity index (χ1) is 12.3. The van der Waals surface area contributed by atoms with Crippen molar-refractivity contribution in [2.45, 2.75) is 6.92 Å². The van der Waals surface area contributed by atoms with E-state index < -0.39 is 7.82 Å². The first-order valence-corrected chi connectivity index (χ1v) is 9.04. The van der Waals surface area contributed by atoms with Crippen molar-refractivity contribution in [2.75, 3.05) is 21.3 Å². The Kier molecular flexibility index (Phi) is 12.1. The summed E-state index contributed by atoms with van der Waals surface area (Å²) in [7, 11) is -0.703. The van der Waals surface area contributed by atoms with Crippen LogP contribution in [-0.2, 0) is 4.57 Å². The van der Waals surface area contributed by atoms with Crippen molar-refractivity contribution in [3.8, 4) is 23.0 Å². The number of hydrogen-bond acceptors (Lipinski definition) is 7. The van der Waals surface area contributed by atoms with Crippen LogP contribution in [0.15, 0.2) is 30.3 Å². The van der Waals surface area contributed by atoms with Crippen LogP contribution in [0.5, 0.6) is 23.0 Å². The van der Waals surface area contributed by atoms with E-state index in [0.717, 1.165) is 11.1 Å². The minimum Gasteiger partial charge on any atom is -0.780 e. The topological polar surface area (TPSA) is 100 Å². The molecule has 0 N–H and O–H groups in total. The molecule has 0 fully saturated rings. The largest absolute Gasteiger partial charge is 1.00 e. The molecular weight excluding hydrogens is 405 g/mol. The summed E-state index contributed by atoms with van der Waals surface area (Å²) in [4.78, 5) is 21.8. The smallest absolute Gasteiger partial charge is 0.780 e. The van der Waals surface area contributed by atoms with Gasteiger partial charge < -0.3 is 33.1 Å². The van der Waals surface area contributed by atoms with Gasteiger partial charge in [-0.05, 0) is 47.9 Å². The van der Waals surface area contributed by atoms with Crippen LogP contribution in [0.4, 0.5) is 0 Å². The molecule has 2 aromatic rings. The van der Waals surface area contributed by atoms with Gasteiger partial charge >= 0.3 is 59.1 Å². The molecule has 0 radical (unpaired) electrons. The summed E-state index contributed by atoms with van der Waals surface area (Å²) in [6.45, 7) is 1.90. The van der Waals surface area contributed by atoms with Gasteiger partial charge in [-0.1, -0.05) is 18.2 Å². The second-order valence-corrected chi connectivity index (χ2v) is 6.43. The minimum absolute atomic E-state index is 0. The van der Waals surface area contributed by atoms with Crippen molar-refractivity contribution in [3.05, 3.63) is 47.0 Å². The second kappa shape index (κ2) is 12.3. The van der Waals surface area contributed by atoms with Crippen LogP contribution in [-0.4, -0.2) is 21.3 Å². The van der Waals surface area contributed by atoms with Crippen LogP contribution < -0.4 is 87.6 Å². The second-order valence-electron chi connectivity index (χ2n) is 5.36. The molecule has 10 heteroatoms. The quantitative estimate of drug-likeness (QED) is 0.257. The van der Waals surface area contributed by atoms with Gasteiger partial charge in [0.1, 0.15) is 7.82 Å². The number of benzene rings is 2. The molecule has 0 aliphatic rings. The Hall–Kier alpha value is -0.470. The fraction of sp³-hybridized carbons (Fsp3) is 0.222. The Morgan fingerprint density at radius 2 is 1.39 bits per heavy atom. The standard InChI is InChI=1S/C18H21O7P.2Na/c1-12-9-14(11-17(23-3)18(12)24-4)6-5-13-7-8-15(22-2)16(10-13)25-26(19,20)21;;/h5-11H,1-4H3,(H2,19,20,21);;/q;2*+1/p-2/b6-5-;;. The van der Waals surface area contributed by atoms with Gasteiger partial charge in [0.05, 0.1) is 21.3 Å². The normalized spacial score (nSPS) is 10.6. The van der Waals surface area contributed by atoms with E-state index in [2.05, 4.69) is 4.52 Å². The van der Waals surface area contributed by atoms with E-state index in [1.165, 1.54) is 19.2 Å². The third-order valence-corrected chi connectivity index (χ3v) is 3.97. The third-order valence-electron chi connectivity index (χ3n) is 3.55. The molecule has 7 nitrogen and oxygen atoms in total. The molecule has 0 atom stereocenters. The molecule has 2 aromatic carbocycles. The minimum atomic E-state index is -5.19. The molecule has 0 unspecified atom stereocenters. The van der Waals surface area contributed by atoms with Crippen LogP contribution in [0.1, 0.15) is 16.7 Å². The van der Waals surface area contributed by atoms with Gasteiger partial charge in [0.15, 0.2) is 23.0 Å². The SMILES string of the molecule is COc1ccc(/C=C\c2cc(C)c(OC)c(OC)c2)cc1OP(=O)([O-])[O-].[Na+].[Na+]. The summed E-state index contributed by atoms with van der Waals surface area (Å²) < 4.78 is 31.0. The van der Waals surface area contributed by atoms with Gasteiger partial charge in [0, 0.05) is 0 Å². The van der Waals surface area contributed by atoms with Crippen molar-refractivity contribution in [1.29, 1.82) is 0 Å². The number of methoxy groups -OCH3 is 3. The third kappa shape index (κ3) is 7.75. The van der Waals surface area contributed by atoms with Gasteiger partial charge in [-0.2, -0.15) is 0 Å². The molecular formula is C18H19Na2O7P. The van der Waals surface area contributed by atoms with Crippen LogP contribution in [0.2, 0.25) is 0 Å². The molecule has 28 heavy (non-hydrogen) atoms. The van der Waals surface area contributed by atoms with E-state index in [9.17, 15) is 14.4 Å². The molecule has 0 amide bonds. The predicted molar refractivity (Wildman–Crippen MR) is 94.4 cm³/mol. The number of rotatable bonds is 7. The molecule has 0 aliphatic carbocycles. The monoisotopic (exact) mass is 424 g/mol. The Balaban J connectivity index is 0.00000364. The van der Waals surface area contributed by atoms with Crippen molar-refractivity contribution in [3.63, 3.8) is 0 Å². The van der Waals surface area contributed by atoms with E-state index in [0.29, 0.717) is 17.1 Å². The molecule has 0 heterocycles. The Bertz CT molecular complexity index is 865. The zero-order chi connectivity index (χ0) is 19.3. The summed E-state index contributed by atoms with van der Waals surface area (Å²) in [5.41, 5.74) is 2.39. The van der Waals surface area contributed by atoms with E-state index in [-0.39, 0.29) is 70.6 Å². The van der Waals surface area contributed by atoms with Crippen molar-refractivity contribution in [2.24, 2.45) is 0 Å². The maximum absolute atomic E-state index is 10.9. The van der Waals surface area contributed by atoms with E-state index in [1.807, 2.05) is 25.1 Å². The molecule has 0 bridgehead atoms. The van der Waals surface area contributed by atoms with E-state index in [4.69, 9.17) is 14.2 Å². The molecule has 0 aromatic heterocycles.